The number of alkyl carbamates (subject to hydrolysis) is 1. The number of amides is 1. The van der Waals surface area contributed by atoms with Crippen molar-refractivity contribution in [2.24, 2.45) is 0 Å². The summed E-state index contributed by atoms with van der Waals surface area (Å²) in [6, 6.07) is -0.00750. The highest BCUT2D eigenvalue weighted by molar-refractivity contribution is 5.68. The largest absolute Gasteiger partial charge is 0.444 e. The van der Waals surface area contributed by atoms with Gasteiger partial charge in [0.05, 0.1) is 6.54 Å². The molecule has 0 aromatic heterocycles. The van der Waals surface area contributed by atoms with Crippen LogP contribution in [0.2, 0.25) is 0 Å². The number of carbonyl (C=O) groups is 1. The van der Waals surface area contributed by atoms with Crippen molar-refractivity contribution >= 4 is 6.09 Å². The highest BCUT2D eigenvalue weighted by atomic mass is 16.6. The second-order valence-corrected chi connectivity index (χ2v) is 4.77. The first kappa shape index (κ1) is 12.6. The third-order valence-corrected chi connectivity index (χ3v) is 1.78. The average Bonchev–Trinajstić information content (AvgIpc) is 2.51. The van der Waals surface area contributed by atoms with Crippen molar-refractivity contribution in [3.05, 3.63) is 12.4 Å². The van der Waals surface area contributed by atoms with E-state index < -0.39 is 11.7 Å². The number of nitrogens with zero attached hydrogens (tertiary/aromatic N) is 1. The fourth-order valence-corrected chi connectivity index (χ4v) is 1.24. The second kappa shape index (κ2) is 5.07. The predicted octanol–water partition coefficient (Wildman–Crippen LogP) is 0.696. The van der Waals surface area contributed by atoms with Gasteiger partial charge in [-0.3, -0.25) is 5.01 Å². The Morgan fingerprint density at radius 3 is 2.75 bits per heavy atom. The Morgan fingerprint density at radius 2 is 2.25 bits per heavy atom. The van der Waals surface area contributed by atoms with Crippen molar-refractivity contribution in [3.63, 3.8) is 0 Å². The van der Waals surface area contributed by atoms with Crippen LogP contribution in [0.5, 0.6) is 0 Å². The lowest BCUT2D eigenvalue weighted by molar-refractivity contribution is 0.0497. The van der Waals surface area contributed by atoms with E-state index in [1.165, 1.54) is 0 Å². The molecule has 0 bridgehead atoms. The summed E-state index contributed by atoms with van der Waals surface area (Å²) in [5.41, 5.74) is 5.25. The fourth-order valence-electron chi connectivity index (χ4n) is 1.24. The normalized spacial score (nSPS) is 16.9. The number of carbonyl (C=O) groups excluding carboxylic acids is 1. The van der Waals surface area contributed by atoms with Gasteiger partial charge in [-0.15, -0.1) is 5.53 Å². The minimum absolute atomic E-state index is 0.00750. The van der Waals surface area contributed by atoms with Crippen molar-refractivity contribution in [2.75, 3.05) is 6.54 Å². The van der Waals surface area contributed by atoms with Crippen LogP contribution in [-0.4, -0.2) is 29.3 Å². The molecule has 3 N–H and O–H groups in total. The topological polar surface area (TPSA) is 65.6 Å². The Hall–Kier alpha value is -1.43. The Balaban J connectivity index is 2.25. The van der Waals surface area contributed by atoms with Crippen LogP contribution in [0.3, 0.4) is 0 Å². The molecule has 6 nitrogen and oxygen atoms in total. The molecule has 0 radical (unpaired) electrons. The van der Waals surface area contributed by atoms with Crippen molar-refractivity contribution < 1.29 is 9.53 Å². The Bertz CT molecular complexity index is 272. The summed E-state index contributed by atoms with van der Waals surface area (Å²) in [5, 5.41) is 4.59. The van der Waals surface area contributed by atoms with E-state index in [0.717, 1.165) is 0 Å². The third-order valence-electron chi connectivity index (χ3n) is 1.78. The summed E-state index contributed by atoms with van der Waals surface area (Å²) in [5.74, 6) is 0. The monoisotopic (exact) mass is 228 g/mol. The lowest BCUT2D eigenvalue weighted by Crippen LogP contribution is -2.46. The Labute approximate surface area is 96.0 Å². The van der Waals surface area contributed by atoms with Crippen molar-refractivity contribution in [2.45, 2.75) is 39.3 Å². The van der Waals surface area contributed by atoms with Crippen LogP contribution >= 0.6 is 0 Å². The maximum Gasteiger partial charge on any atom is 0.407 e. The molecule has 6 heteroatoms. The number of rotatable bonds is 3. The molecule has 1 atom stereocenters. The van der Waals surface area contributed by atoms with Gasteiger partial charge in [0.2, 0.25) is 0 Å². The van der Waals surface area contributed by atoms with Crippen molar-refractivity contribution in [3.8, 4) is 0 Å². The van der Waals surface area contributed by atoms with Crippen LogP contribution in [0, 0.1) is 0 Å². The van der Waals surface area contributed by atoms with Crippen LogP contribution in [0.15, 0.2) is 12.4 Å². The quantitative estimate of drug-likeness (QED) is 0.663. The summed E-state index contributed by atoms with van der Waals surface area (Å²) in [6.45, 7) is 8.09. The number of hydrazine groups is 2. The zero-order chi connectivity index (χ0) is 12.2. The molecule has 0 aromatic carbocycles. The highest BCUT2D eigenvalue weighted by Gasteiger charge is 2.18. The predicted molar refractivity (Wildman–Crippen MR) is 60.9 cm³/mol. The van der Waals surface area contributed by atoms with Gasteiger partial charge in [0.25, 0.3) is 0 Å². The van der Waals surface area contributed by atoms with E-state index in [1.54, 1.807) is 6.20 Å². The van der Waals surface area contributed by atoms with Crippen LogP contribution in [-0.2, 0) is 4.74 Å². The van der Waals surface area contributed by atoms with Crippen LogP contribution in [0.25, 0.3) is 0 Å². The summed E-state index contributed by atoms with van der Waals surface area (Å²) >= 11 is 0. The number of nitrogens with one attached hydrogen (secondary N) is 3. The second-order valence-electron chi connectivity index (χ2n) is 4.77. The summed E-state index contributed by atoms with van der Waals surface area (Å²) < 4.78 is 5.15. The van der Waals surface area contributed by atoms with Gasteiger partial charge in [0, 0.05) is 18.4 Å². The molecule has 16 heavy (non-hydrogen) atoms. The first-order valence-electron chi connectivity index (χ1n) is 5.31. The van der Waals surface area contributed by atoms with E-state index in [-0.39, 0.29) is 6.04 Å². The van der Waals surface area contributed by atoms with Gasteiger partial charge in [0.15, 0.2) is 0 Å². The van der Waals surface area contributed by atoms with E-state index >= 15 is 0 Å². The molecule has 1 rings (SSSR count). The van der Waals surface area contributed by atoms with Gasteiger partial charge in [-0.2, -0.15) is 0 Å². The van der Waals surface area contributed by atoms with Crippen molar-refractivity contribution in [1.29, 1.82) is 0 Å². The molecule has 0 fully saturated rings. The molecular formula is C10H20N4O2. The van der Waals surface area contributed by atoms with Gasteiger partial charge in [-0.1, -0.05) is 0 Å². The van der Waals surface area contributed by atoms with E-state index in [4.69, 9.17) is 4.74 Å². The smallest absolute Gasteiger partial charge is 0.407 e. The molecule has 0 aliphatic carbocycles. The van der Waals surface area contributed by atoms with Gasteiger partial charge in [-0.25, -0.2) is 4.79 Å². The molecule has 0 saturated carbocycles. The molecule has 0 aromatic rings. The highest BCUT2D eigenvalue weighted by Crippen LogP contribution is 2.06. The first-order chi connectivity index (χ1) is 7.37. The van der Waals surface area contributed by atoms with Gasteiger partial charge in [0.1, 0.15) is 5.60 Å². The molecule has 0 unspecified atom stereocenters. The molecular weight excluding hydrogens is 208 g/mol. The Kier molecular flexibility index (Phi) is 4.00. The average molecular weight is 228 g/mol. The van der Waals surface area contributed by atoms with Crippen LogP contribution in [0.4, 0.5) is 4.79 Å². The fraction of sp³-hybridized carbons (Fsp3) is 0.700. The zero-order valence-electron chi connectivity index (χ0n) is 10.2. The lowest BCUT2D eigenvalue weighted by atomic mass is 10.2. The van der Waals surface area contributed by atoms with E-state index in [1.807, 2.05) is 38.9 Å². The van der Waals surface area contributed by atoms with Crippen molar-refractivity contribution in [1.82, 2.24) is 21.3 Å². The maximum absolute atomic E-state index is 11.4. The third kappa shape index (κ3) is 4.88. The number of ether oxygens (including phenoxy) is 1. The number of hydrogen-bond donors (Lipinski definition) is 3. The molecule has 1 amide bonds. The minimum atomic E-state index is -0.461. The SMILES string of the molecule is C[C@H](CN1C=CNN1)NC(=O)OC(C)(C)C. The zero-order valence-corrected chi connectivity index (χ0v) is 10.2. The van der Waals surface area contributed by atoms with E-state index in [0.29, 0.717) is 6.54 Å². The van der Waals surface area contributed by atoms with Gasteiger partial charge in [-0.05, 0) is 27.7 Å². The van der Waals surface area contributed by atoms with Crippen LogP contribution in [0.1, 0.15) is 27.7 Å². The van der Waals surface area contributed by atoms with E-state index in [9.17, 15) is 4.79 Å². The molecule has 0 spiro atoms. The molecule has 0 saturated heterocycles. The first-order valence-corrected chi connectivity index (χ1v) is 5.31. The number of hydrogen-bond acceptors (Lipinski definition) is 5. The maximum atomic E-state index is 11.4. The molecule has 1 aliphatic rings. The van der Waals surface area contributed by atoms with E-state index in [2.05, 4.69) is 16.3 Å². The summed E-state index contributed by atoms with van der Waals surface area (Å²) in [7, 11) is 0. The van der Waals surface area contributed by atoms with Gasteiger partial charge >= 0.3 is 6.09 Å². The molecule has 92 valence electrons. The molecule has 1 aliphatic heterocycles. The molecule has 1 heterocycles. The summed E-state index contributed by atoms with van der Waals surface area (Å²) in [4.78, 5) is 11.4. The lowest BCUT2D eigenvalue weighted by Gasteiger charge is -2.24. The summed E-state index contributed by atoms with van der Waals surface area (Å²) in [6.07, 6.45) is 3.24. The standard InChI is InChI=1S/C10H20N4O2/c1-8(7-14-6-5-11-13-14)12-9(15)16-10(2,3)4/h5-6,8,11,13H,7H2,1-4H3,(H,12,15)/t8-/m1/s1. The van der Waals surface area contributed by atoms with Crippen LogP contribution < -0.4 is 16.3 Å². The Morgan fingerprint density at radius 1 is 1.56 bits per heavy atom. The minimum Gasteiger partial charge on any atom is -0.444 e. The van der Waals surface area contributed by atoms with Gasteiger partial charge < -0.3 is 15.5 Å².